The molecule has 0 saturated heterocycles. The van der Waals surface area contributed by atoms with Gasteiger partial charge in [0, 0.05) is 38.1 Å². The van der Waals surface area contributed by atoms with Gasteiger partial charge in [0.15, 0.2) is 0 Å². The van der Waals surface area contributed by atoms with Gasteiger partial charge in [0.1, 0.15) is 5.82 Å². The van der Waals surface area contributed by atoms with Crippen molar-refractivity contribution in [2.75, 3.05) is 12.4 Å². The lowest BCUT2D eigenvalue weighted by Gasteiger charge is -2.09. The predicted molar refractivity (Wildman–Crippen MR) is 77.5 cm³/mol. The first-order valence-electron chi connectivity index (χ1n) is 5.02. The van der Waals surface area contributed by atoms with E-state index in [0.29, 0.717) is 0 Å². The van der Waals surface area contributed by atoms with Gasteiger partial charge >= 0.3 is 0 Å². The van der Waals surface area contributed by atoms with Gasteiger partial charge in [0.05, 0.1) is 0 Å². The molecule has 0 aliphatic carbocycles. The summed E-state index contributed by atoms with van der Waals surface area (Å²) < 4.78 is 13.9. The van der Waals surface area contributed by atoms with Gasteiger partial charge in [-0.1, -0.05) is 6.07 Å². The molecule has 0 saturated carbocycles. The van der Waals surface area contributed by atoms with Crippen LogP contribution in [0.2, 0.25) is 0 Å². The Hall–Kier alpha value is -0.520. The Labute approximate surface area is 117 Å². The van der Waals surface area contributed by atoms with Crippen LogP contribution in [0.4, 0.5) is 10.1 Å². The molecule has 0 spiro atoms. The number of benzene rings is 1. The number of anilines is 1. The van der Waals surface area contributed by atoms with Crippen molar-refractivity contribution in [2.45, 2.75) is 10.6 Å². The molecule has 0 unspecified atom stereocenters. The van der Waals surface area contributed by atoms with Crippen LogP contribution in [0.25, 0.3) is 0 Å². The minimum atomic E-state index is -0.147. The zero-order valence-corrected chi connectivity index (χ0v) is 12.4. The van der Waals surface area contributed by atoms with E-state index in [1.165, 1.54) is 16.7 Å². The molecule has 1 aromatic heterocycles. The van der Waals surface area contributed by atoms with E-state index in [2.05, 4.69) is 21.2 Å². The summed E-state index contributed by atoms with van der Waals surface area (Å²) in [6.07, 6.45) is 0. The van der Waals surface area contributed by atoms with E-state index in [9.17, 15) is 4.39 Å². The topological polar surface area (TPSA) is 12.0 Å². The number of hydrogen-bond acceptors (Lipinski definition) is 3. The smallest absolute Gasteiger partial charge is 0.134 e. The summed E-state index contributed by atoms with van der Waals surface area (Å²) in [7, 11) is 1.90. The van der Waals surface area contributed by atoms with Crippen LogP contribution in [-0.4, -0.2) is 7.05 Å². The first kappa shape index (κ1) is 12.9. The fourth-order valence-electron chi connectivity index (χ4n) is 1.43. The average molecular weight is 332 g/mol. The van der Waals surface area contributed by atoms with Crippen molar-refractivity contribution < 1.29 is 4.39 Å². The second kappa shape index (κ2) is 5.89. The molecule has 2 aromatic rings. The highest BCUT2D eigenvalue weighted by Gasteiger charge is 2.07. The zero-order valence-electron chi connectivity index (χ0n) is 9.17. The maximum absolute atomic E-state index is 12.9. The molecule has 0 amide bonds. The van der Waals surface area contributed by atoms with Crippen molar-refractivity contribution in [3.63, 3.8) is 0 Å². The second-order valence-corrected chi connectivity index (χ2v) is 6.22. The Morgan fingerprint density at radius 2 is 2.29 bits per heavy atom. The Kier molecular flexibility index (Phi) is 4.48. The number of thiophene rings is 1. The SMILES string of the molecule is CNc1cccc(Br)c1SCc1cc(F)cs1. The van der Waals surface area contributed by atoms with Crippen molar-refractivity contribution >= 4 is 44.7 Å². The van der Waals surface area contributed by atoms with Crippen molar-refractivity contribution in [3.8, 4) is 0 Å². The summed E-state index contributed by atoms with van der Waals surface area (Å²) in [5.74, 6) is 0.637. The molecule has 90 valence electrons. The fourth-order valence-corrected chi connectivity index (χ4v) is 4.00. The van der Waals surface area contributed by atoms with Gasteiger partial charge in [0.2, 0.25) is 0 Å². The summed E-state index contributed by atoms with van der Waals surface area (Å²) in [5, 5.41) is 4.69. The molecule has 1 aromatic carbocycles. The van der Waals surface area contributed by atoms with E-state index in [1.54, 1.807) is 17.8 Å². The van der Waals surface area contributed by atoms with Crippen LogP contribution < -0.4 is 5.32 Å². The van der Waals surface area contributed by atoms with Crippen molar-refractivity contribution in [1.29, 1.82) is 0 Å². The van der Waals surface area contributed by atoms with Crippen molar-refractivity contribution in [1.82, 2.24) is 0 Å². The molecule has 2 rings (SSSR count). The molecule has 1 nitrogen and oxygen atoms in total. The summed E-state index contributed by atoms with van der Waals surface area (Å²) >= 11 is 6.69. The predicted octanol–water partition coefficient (Wildman–Crippen LogP) is 4.98. The monoisotopic (exact) mass is 331 g/mol. The van der Waals surface area contributed by atoms with Gasteiger partial charge in [-0.05, 0) is 34.1 Å². The molecule has 0 bridgehead atoms. The van der Waals surface area contributed by atoms with Crippen LogP contribution in [0.15, 0.2) is 39.0 Å². The molecule has 0 aliphatic rings. The molecule has 0 radical (unpaired) electrons. The number of halogens is 2. The summed E-state index contributed by atoms with van der Waals surface area (Å²) in [6.45, 7) is 0. The highest BCUT2D eigenvalue weighted by Crippen LogP contribution is 2.36. The number of hydrogen-bond donors (Lipinski definition) is 1. The van der Waals surface area contributed by atoms with Crippen molar-refractivity contribution in [3.05, 3.63) is 44.8 Å². The normalized spacial score (nSPS) is 10.5. The second-order valence-electron chi connectivity index (χ2n) is 3.39. The van der Waals surface area contributed by atoms with Crippen LogP contribution in [0.3, 0.4) is 0 Å². The number of rotatable bonds is 4. The van der Waals surface area contributed by atoms with Gasteiger partial charge in [-0.15, -0.1) is 23.1 Å². The summed E-state index contributed by atoms with van der Waals surface area (Å²) in [6, 6.07) is 7.62. The maximum atomic E-state index is 12.9. The quantitative estimate of drug-likeness (QED) is 0.792. The van der Waals surface area contributed by atoms with E-state index < -0.39 is 0 Å². The fraction of sp³-hybridized carbons (Fsp3) is 0.167. The van der Waals surface area contributed by atoms with Gasteiger partial charge < -0.3 is 5.32 Å². The lowest BCUT2D eigenvalue weighted by Crippen LogP contribution is -1.91. The van der Waals surface area contributed by atoms with Gasteiger partial charge in [-0.3, -0.25) is 0 Å². The number of nitrogens with one attached hydrogen (secondary N) is 1. The molecule has 0 atom stereocenters. The average Bonchev–Trinajstić information content (AvgIpc) is 2.73. The molecular formula is C12H11BrFNS2. The first-order chi connectivity index (χ1) is 8.20. The molecular weight excluding hydrogens is 321 g/mol. The van der Waals surface area contributed by atoms with Crippen LogP contribution in [0.5, 0.6) is 0 Å². The molecule has 0 aliphatic heterocycles. The minimum absolute atomic E-state index is 0.147. The highest BCUT2D eigenvalue weighted by molar-refractivity contribution is 9.10. The van der Waals surface area contributed by atoms with E-state index in [4.69, 9.17) is 0 Å². The van der Waals surface area contributed by atoms with E-state index in [0.717, 1.165) is 25.7 Å². The van der Waals surface area contributed by atoms with Crippen LogP contribution in [0.1, 0.15) is 4.88 Å². The van der Waals surface area contributed by atoms with Crippen LogP contribution in [0, 0.1) is 5.82 Å². The molecule has 0 fully saturated rings. The van der Waals surface area contributed by atoms with Crippen LogP contribution >= 0.6 is 39.0 Å². The van der Waals surface area contributed by atoms with Gasteiger partial charge in [-0.2, -0.15) is 0 Å². The third kappa shape index (κ3) is 3.24. The van der Waals surface area contributed by atoms with Gasteiger partial charge in [0.25, 0.3) is 0 Å². The molecule has 5 heteroatoms. The first-order valence-corrected chi connectivity index (χ1v) is 7.68. The molecule has 1 heterocycles. The maximum Gasteiger partial charge on any atom is 0.134 e. The Morgan fingerprint density at radius 3 is 2.94 bits per heavy atom. The Morgan fingerprint density at radius 1 is 1.47 bits per heavy atom. The lowest BCUT2D eigenvalue weighted by atomic mass is 10.3. The Balaban J connectivity index is 2.13. The van der Waals surface area contributed by atoms with E-state index in [-0.39, 0.29) is 5.82 Å². The third-order valence-corrected chi connectivity index (χ3v) is 5.41. The van der Waals surface area contributed by atoms with Crippen molar-refractivity contribution in [2.24, 2.45) is 0 Å². The largest absolute Gasteiger partial charge is 0.387 e. The zero-order chi connectivity index (χ0) is 12.3. The highest BCUT2D eigenvalue weighted by atomic mass is 79.9. The van der Waals surface area contributed by atoms with E-state index >= 15 is 0 Å². The molecule has 17 heavy (non-hydrogen) atoms. The third-order valence-electron chi connectivity index (χ3n) is 2.22. The van der Waals surface area contributed by atoms with Gasteiger partial charge in [-0.25, -0.2) is 4.39 Å². The number of thioether (sulfide) groups is 1. The summed E-state index contributed by atoms with van der Waals surface area (Å²) in [5.41, 5.74) is 1.08. The lowest BCUT2D eigenvalue weighted by molar-refractivity contribution is 0.633. The Bertz CT molecular complexity index is 513. The van der Waals surface area contributed by atoms with Crippen LogP contribution in [-0.2, 0) is 5.75 Å². The summed E-state index contributed by atoms with van der Waals surface area (Å²) in [4.78, 5) is 2.20. The van der Waals surface area contributed by atoms with E-state index in [1.807, 2.05) is 25.2 Å². The molecule has 1 N–H and O–H groups in total. The standard InChI is InChI=1S/C12H11BrFNS2/c1-15-11-4-2-3-10(13)12(11)17-7-9-5-8(14)6-16-9/h2-6,15H,7H2,1H3. The minimum Gasteiger partial charge on any atom is -0.387 e.